The van der Waals surface area contributed by atoms with Gasteiger partial charge in [-0.1, -0.05) is 6.08 Å². The molecule has 2 heterocycles. The van der Waals surface area contributed by atoms with Crippen molar-refractivity contribution >= 4 is 6.09 Å². The van der Waals surface area contributed by atoms with E-state index >= 15 is 0 Å². The van der Waals surface area contributed by atoms with Gasteiger partial charge in [-0.05, 0) is 18.4 Å². The number of carbonyl (C=O) groups is 1. The second-order valence-corrected chi connectivity index (χ2v) is 2.91. The van der Waals surface area contributed by atoms with Gasteiger partial charge in [0.15, 0.2) is 0 Å². The Morgan fingerprint density at radius 3 is 3.33 bits per heavy atom. The summed E-state index contributed by atoms with van der Waals surface area (Å²) in [5.41, 5.74) is 1.28. The summed E-state index contributed by atoms with van der Waals surface area (Å²) in [6.45, 7) is 1.55. The van der Waals surface area contributed by atoms with Gasteiger partial charge in [0.2, 0.25) is 0 Å². The van der Waals surface area contributed by atoms with Crippen molar-refractivity contribution in [2.24, 2.45) is 0 Å². The molecule has 4 nitrogen and oxygen atoms in total. The fourth-order valence-electron chi connectivity index (χ4n) is 1.37. The normalized spacial score (nSPS) is 23.8. The number of nitrogens with zero attached hydrogens (tertiary/aromatic N) is 1. The van der Waals surface area contributed by atoms with Crippen molar-refractivity contribution in [3.05, 3.63) is 11.6 Å². The Labute approximate surface area is 70.7 Å². The Kier molecular flexibility index (Phi) is 1.99. The van der Waals surface area contributed by atoms with Crippen molar-refractivity contribution < 1.29 is 14.4 Å². The summed E-state index contributed by atoms with van der Waals surface area (Å²) in [5.74, 6) is 0. The second-order valence-electron chi connectivity index (χ2n) is 2.91. The molecule has 2 bridgehead atoms. The lowest BCUT2D eigenvalue weighted by molar-refractivity contribution is -0.130. The SMILES string of the molecule is O=C1OCCCC2=CCON1C2. The first-order valence-electron chi connectivity index (χ1n) is 4.11. The summed E-state index contributed by atoms with van der Waals surface area (Å²) in [4.78, 5) is 16.2. The van der Waals surface area contributed by atoms with Crippen molar-refractivity contribution in [2.45, 2.75) is 12.8 Å². The minimum Gasteiger partial charge on any atom is -0.448 e. The zero-order valence-corrected chi connectivity index (χ0v) is 6.78. The fourth-order valence-corrected chi connectivity index (χ4v) is 1.37. The van der Waals surface area contributed by atoms with Crippen molar-refractivity contribution in [2.75, 3.05) is 19.8 Å². The Bertz CT molecular complexity index is 224. The Hall–Kier alpha value is -1.03. The largest absolute Gasteiger partial charge is 0.448 e. The highest BCUT2D eigenvalue weighted by Gasteiger charge is 2.22. The van der Waals surface area contributed by atoms with E-state index in [1.807, 2.05) is 6.08 Å². The smallest absolute Gasteiger partial charge is 0.434 e. The van der Waals surface area contributed by atoms with E-state index in [2.05, 4.69) is 0 Å². The van der Waals surface area contributed by atoms with Crippen LogP contribution >= 0.6 is 0 Å². The van der Waals surface area contributed by atoms with E-state index in [4.69, 9.17) is 9.57 Å². The summed E-state index contributed by atoms with van der Waals surface area (Å²) in [6.07, 6.45) is 3.61. The van der Waals surface area contributed by atoms with Crippen LogP contribution in [0.25, 0.3) is 0 Å². The first kappa shape index (κ1) is 7.61. The predicted molar refractivity (Wildman–Crippen MR) is 41.3 cm³/mol. The molecule has 0 radical (unpaired) electrons. The highest BCUT2D eigenvalue weighted by Crippen LogP contribution is 2.16. The number of fused-ring (bicyclic) bond motifs is 2. The highest BCUT2D eigenvalue weighted by molar-refractivity contribution is 5.67. The van der Waals surface area contributed by atoms with E-state index in [1.54, 1.807) is 0 Å². The molecule has 1 saturated heterocycles. The van der Waals surface area contributed by atoms with Crippen molar-refractivity contribution in [1.82, 2.24) is 5.06 Å². The fraction of sp³-hybridized carbons (Fsp3) is 0.625. The van der Waals surface area contributed by atoms with Gasteiger partial charge in [0.25, 0.3) is 0 Å². The molecule has 2 aliphatic rings. The number of carbonyl (C=O) groups excluding carboxylic acids is 1. The Morgan fingerprint density at radius 1 is 1.50 bits per heavy atom. The maximum Gasteiger partial charge on any atom is 0.434 e. The van der Waals surface area contributed by atoms with Crippen LogP contribution in [0.5, 0.6) is 0 Å². The van der Waals surface area contributed by atoms with Crippen LogP contribution < -0.4 is 0 Å². The van der Waals surface area contributed by atoms with Crippen LogP contribution in [0.15, 0.2) is 11.6 Å². The quantitative estimate of drug-likeness (QED) is 0.509. The van der Waals surface area contributed by atoms with Crippen LogP contribution in [-0.4, -0.2) is 30.9 Å². The van der Waals surface area contributed by atoms with Crippen LogP contribution in [0.1, 0.15) is 12.8 Å². The van der Waals surface area contributed by atoms with Gasteiger partial charge in [-0.3, -0.25) is 4.84 Å². The second kappa shape index (κ2) is 3.15. The summed E-state index contributed by atoms with van der Waals surface area (Å²) in [5, 5.41) is 1.29. The molecule has 0 spiro atoms. The number of hydroxylamine groups is 2. The number of rotatable bonds is 0. The van der Waals surface area contributed by atoms with Crippen LogP contribution in [0, 0.1) is 0 Å². The number of amides is 1. The molecule has 0 aliphatic carbocycles. The van der Waals surface area contributed by atoms with E-state index in [1.165, 1.54) is 10.6 Å². The molecule has 66 valence electrons. The molecular weight excluding hydrogens is 158 g/mol. The standard InChI is InChI=1S/C8H11NO3/c10-8-9-6-7(3-5-12-9)2-1-4-11-8/h3H,1-2,4-6H2. The van der Waals surface area contributed by atoms with Crippen LogP contribution in [0.3, 0.4) is 0 Å². The van der Waals surface area contributed by atoms with Crippen molar-refractivity contribution in [3.8, 4) is 0 Å². The maximum atomic E-state index is 11.1. The number of hydrogen-bond donors (Lipinski definition) is 0. The molecule has 0 atom stereocenters. The third kappa shape index (κ3) is 1.43. The predicted octanol–water partition coefficient (Wildman–Crippen LogP) is 1.09. The molecule has 0 saturated carbocycles. The molecule has 0 aromatic rings. The van der Waals surface area contributed by atoms with Crippen LogP contribution in [0.4, 0.5) is 4.79 Å². The van der Waals surface area contributed by atoms with E-state index in [0.717, 1.165) is 12.8 Å². The van der Waals surface area contributed by atoms with E-state index in [-0.39, 0.29) is 6.09 Å². The molecule has 0 N–H and O–H groups in total. The monoisotopic (exact) mass is 169 g/mol. The summed E-state index contributed by atoms with van der Waals surface area (Å²) in [6, 6.07) is 0. The molecule has 1 amide bonds. The summed E-state index contributed by atoms with van der Waals surface area (Å²) < 4.78 is 4.90. The van der Waals surface area contributed by atoms with Crippen LogP contribution in [0.2, 0.25) is 0 Å². The molecule has 1 fully saturated rings. The van der Waals surface area contributed by atoms with Gasteiger partial charge < -0.3 is 4.74 Å². The van der Waals surface area contributed by atoms with Gasteiger partial charge in [0.05, 0.1) is 19.8 Å². The zero-order valence-electron chi connectivity index (χ0n) is 6.78. The average Bonchev–Trinajstić information content (AvgIpc) is 2.11. The maximum absolute atomic E-state index is 11.1. The van der Waals surface area contributed by atoms with E-state index in [0.29, 0.717) is 19.8 Å². The van der Waals surface area contributed by atoms with Gasteiger partial charge in [-0.25, -0.2) is 4.79 Å². The lowest BCUT2D eigenvalue weighted by atomic mass is 10.1. The first-order valence-corrected chi connectivity index (χ1v) is 4.11. The van der Waals surface area contributed by atoms with Gasteiger partial charge >= 0.3 is 6.09 Å². The zero-order chi connectivity index (χ0) is 8.39. The molecule has 2 aliphatic heterocycles. The van der Waals surface area contributed by atoms with Gasteiger partial charge in [-0.15, -0.1) is 0 Å². The average molecular weight is 169 g/mol. The summed E-state index contributed by atoms with van der Waals surface area (Å²) >= 11 is 0. The lowest BCUT2D eigenvalue weighted by Crippen LogP contribution is -2.37. The van der Waals surface area contributed by atoms with Crippen LogP contribution in [-0.2, 0) is 9.57 Å². The first-order chi connectivity index (χ1) is 5.86. The molecule has 0 unspecified atom stereocenters. The number of cyclic esters (lactones) is 1. The lowest BCUT2D eigenvalue weighted by Gasteiger charge is -2.27. The molecular formula is C8H11NO3. The molecule has 12 heavy (non-hydrogen) atoms. The molecule has 2 rings (SSSR count). The minimum atomic E-state index is -0.361. The third-order valence-electron chi connectivity index (χ3n) is 2.02. The van der Waals surface area contributed by atoms with Gasteiger partial charge in [-0.2, -0.15) is 5.06 Å². The van der Waals surface area contributed by atoms with Gasteiger partial charge in [0.1, 0.15) is 0 Å². The minimum absolute atomic E-state index is 0.361. The Morgan fingerprint density at radius 2 is 2.42 bits per heavy atom. The molecule has 4 heteroatoms. The third-order valence-corrected chi connectivity index (χ3v) is 2.02. The van der Waals surface area contributed by atoms with Crippen molar-refractivity contribution in [3.63, 3.8) is 0 Å². The molecule has 0 aromatic heterocycles. The Balaban J connectivity index is 2.11. The topological polar surface area (TPSA) is 38.8 Å². The van der Waals surface area contributed by atoms with Crippen molar-refractivity contribution in [1.29, 1.82) is 0 Å². The van der Waals surface area contributed by atoms with E-state index in [9.17, 15) is 4.79 Å². The molecule has 0 aromatic carbocycles. The van der Waals surface area contributed by atoms with E-state index < -0.39 is 0 Å². The van der Waals surface area contributed by atoms with Gasteiger partial charge in [0, 0.05) is 0 Å². The number of ether oxygens (including phenoxy) is 1. The highest BCUT2D eigenvalue weighted by atomic mass is 16.7. The summed E-state index contributed by atoms with van der Waals surface area (Å²) in [7, 11) is 0. The number of hydrogen-bond acceptors (Lipinski definition) is 3.